The van der Waals surface area contributed by atoms with Crippen molar-refractivity contribution in [2.75, 3.05) is 27.7 Å². The molecule has 1 aliphatic rings. The largest absolute Gasteiger partial charge is 0.479 e. The van der Waals surface area contributed by atoms with E-state index in [-0.39, 0.29) is 5.41 Å². The summed E-state index contributed by atoms with van der Waals surface area (Å²) in [5.74, 6) is -0.830. The highest BCUT2D eigenvalue weighted by Crippen LogP contribution is 2.52. The van der Waals surface area contributed by atoms with Crippen molar-refractivity contribution >= 4 is 5.97 Å². The first-order valence-electron chi connectivity index (χ1n) is 4.92. The minimum absolute atomic E-state index is 0.0924. The molecule has 1 atom stereocenters. The van der Waals surface area contributed by atoms with E-state index in [9.17, 15) is 4.79 Å². The lowest BCUT2D eigenvalue weighted by Gasteiger charge is -2.23. The van der Waals surface area contributed by atoms with Gasteiger partial charge in [-0.2, -0.15) is 0 Å². The Morgan fingerprint density at radius 2 is 2.14 bits per heavy atom. The van der Waals surface area contributed by atoms with Crippen molar-refractivity contribution in [3.05, 3.63) is 0 Å². The zero-order chi connectivity index (χ0) is 10.8. The number of aliphatic carboxylic acids is 1. The van der Waals surface area contributed by atoms with Crippen LogP contribution in [-0.2, 0) is 9.53 Å². The minimum atomic E-state index is -0.830. The van der Waals surface area contributed by atoms with E-state index in [0.717, 1.165) is 25.8 Å². The third-order valence-corrected chi connectivity index (χ3v) is 2.97. The average molecular weight is 201 g/mol. The molecule has 0 aromatic carbocycles. The van der Waals surface area contributed by atoms with Gasteiger partial charge in [0.1, 0.15) is 0 Å². The van der Waals surface area contributed by atoms with E-state index in [2.05, 4.69) is 4.90 Å². The molecule has 4 heteroatoms. The van der Waals surface area contributed by atoms with Gasteiger partial charge in [-0.1, -0.05) is 0 Å². The molecule has 82 valence electrons. The summed E-state index contributed by atoms with van der Waals surface area (Å²) in [4.78, 5) is 13.0. The normalized spacial score (nSPS) is 20.9. The first kappa shape index (κ1) is 11.5. The monoisotopic (exact) mass is 201 g/mol. The molecule has 0 aliphatic heterocycles. The summed E-state index contributed by atoms with van der Waals surface area (Å²) in [5.41, 5.74) is -0.0924. The Balaban J connectivity index is 2.51. The number of carbonyl (C=O) groups is 1. The van der Waals surface area contributed by atoms with Crippen molar-refractivity contribution < 1.29 is 14.6 Å². The third-order valence-electron chi connectivity index (χ3n) is 2.97. The van der Waals surface area contributed by atoms with E-state index in [4.69, 9.17) is 9.84 Å². The summed E-state index contributed by atoms with van der Waals surface area (Å²) < 4.78 is 5.05. The van der Waals surface area contributed by atoms with Crippen LogP contribution >= 0.6 is 0 Å². The number of ether oxygens (including phenoxy) is 1. The number of carboxylic acids is 1. The van der Waals surface area contributed by atoms with Gasteiger partial charge in [-0.05, 0) is 39.9 Å². The Morgan fingerprint density at radius 1 is 1.57 bits per heavy atom. The molecule has 1 fully saturated rings. The molecule has 1 N–H and O–H groups in total. The number of rotatable bonds is 6. The van der Waals surface area contributed by atoms with Crippen LogP contribution in [0.15, 0.2) is 0 Å². The standard InChI is InChI=1S/C10H19NO3/c1-11(2)7-6-10(4-5-10)8(14-3)9(12)13/h8H,4-7H2,1-3H3,(H,12,13). The Morgan fingerprint density at radius 3 is 2.43 bits per heavy atom. The second-order valence-corrected chi connectivity index (χ2v) is 4.37. The maximum Gasteiger partial charge on any atom is 0.333 e. The van der Waals surface area contributed by atoms with Crippen LogP contribution in [0.4, 0.5) is 0 Å². The molecule has 0 spiro atoms. The summed E-state index contributed by atoms with van der Waals surface area (Å²) >= 11 is 0. The lowest BCUT2D eigenvalue weighted by atomic mass is 9.94. The number of methoxy groups -OCH3 is 1. The highest BCUT2D eigenvalue weighted by molar-refractivity contribution is 5.74. The van der Waals surface area contributed by atoms with Gasteiger partial charge in [-0.15, -0.1) is 0 Å². The Bertz CT molecular complexity index is 211. The predicted octanol–water partition coefficient (Wildman–Crippen LogP) is 0.818. The molecule has 1 unspecified atom stereocenters. The number of hydrogen-bond donors (Lipinski definition) is 1. The molecule has 0 aromatic rings. The van der Waals surface area contributed by atoms with Gasteiger partial charge in [0.05, 0.1) is 0 Å². The first-order chi connectivity index (χ1) is 6.52. The lowest BCUT2D eigenvalue weighted by molar-refractivity contribution is -0.153. The number of hydrogen-bond acceptors (Lipinski definition) is 3. The minimum Gasteiger partial charge on any atom is -0.479 e. The van der Waals surface area contributed by atoms with Crippen molar-refractivity contribution in [2.24, 2.45) is 5.41 Å². The molecule has 1 rings (SSSR count). The fourth-order valence-corrected chi connectivity index (χ4v) is 1.86. The summed E-state index contributed by atoms with van der Waals surface area (Å²) in [6.45, 7) is 0.924. The van der Waals surface area contributed by atoms with Crippen LogP contribution in [0.25, 0.3) is 0 Å². The predicted molar refractivity (Wildman–Crippen MR) is 53.3 cm³/mol. The lowest BCUT2D eigenvalue weighted by Crippen LogP contribution is -2.34. The van der Waals surface area contributed by atoms with E-state index in [1.165, 1.54) is 7.11 Å². The quantitative estimate of drug-likeness (QED) is 0.691. The highest BCUT2D eigenvalue weighted by atomic mass is 16.5. The van der Waals surface area contributed by atoms with Gasteiger partial charge in [0.2, 0.25) is 0 Å². The van der Waals surface area contributed by atoms with Gasteiger partial charge < -0.3 is 14.7 Å². The van der Waals surface area contributed by atoms with E-state index >= 15 is 0 Å². The second kappa shape index (κ2) is 4.28. The van der Waals surface area contributed by atoms with Gasteiger partial charge >= 0.3 is 5.97 Å². The topological polar surface area (TPSA) is 49.8 Å². The van der Waals surface area contributed by atoms with E-state index < -0.39 is 12.1 Å². The molecule has 1 aliphatic carbocycles. The van der Waals surface area contributed by atoms with Crippen LogP contribution < -0.4 is 0 Å². The highest BCUT2D eigenvalue weighted by Gasteiger charge is 2.52. The zero-order valence-corrected chi connectivity index (χ0v) is 9.12. The van der Waals surface area contributed by atoms with Gasteiger partial charge in [0.15, 0.2) is 6.10 Å². The smallest absolute Gasteiger partial charge is 0.333 e. The van der Waals surface area contributed by atoms with Gasteiger partial charge in [-0.25, -0.2) is 4.79 Å². The van der Waals surface area contributed by atoms with E-state index in [1.54, 1.807) is 0 Å². The first-order valence-corrected chi connectivity index (χ1v) is 4.92. The fourth-order valence-electron chi connectivity index (χ4n) is 1.86. The Hall–Kier alpha value is -0.610. The molecule has 0 heterocycles. The SMILES string of the molecule is COC(C(=O)O)C1(CCN(C)C)CC1. The van der Waals surface area contributed by atoms with Crippen LogP contribution in [0, 0.1) is 5.41 Å². The summed E-state index contributed by atoms with van der Waals surface area (Å²) in [6, 6.07) is 0. The molecule has 0 amide bonds. The molecule has 4 nitrogen and oxygen atoms in total. The van der Waals surface area contributed by atoms with Crippen molar-refractivity contribution in [3.8, 4) is 0 Å². The fraction of sp³-hybridized carbons (Fsp3) is 0.900. The molecule has 1 saturated carbocycles. The maximum atomic E-state index is 10.9. The Labute approximate surface area is 84.8 Å². The van der Waals surface area contributed by atoms with Crippen LogP contribution in [0.3, 0.4) is 0 Å². The summed E-state index contributed by atoms with van der Waals surface area (Å²) in [6.07, 6.45) is 2.24. The Kier molecular flexibility index (Phi) is 3.50. The van der Waals surface area contributed by atoms with Crippen LogP contribution in [-0.4, -0.2) is 49.8 Å². The van der Waals surface area contributed by atoms with Crippen LogP contribution in [0.1, 0.15) is 19.3 Å². The molecular weight excluding hydrogens is 182 g/mol. The van der Waals surface area contributed by atoms with Gasteiger partial charge in [0, 0.05) is 12.5 Å². The van der Waals surface area contributed by atoms with Crippen LogP contribution in [0.2, 0.25) is 0 Å². The summed E-state index contributed by atoms with van der Waals surface area (Å²) in [7, 11) is 5.48. The second-order valence-electron chi connectivity index (χ2n) is 4.37. The van der Waals surface area contributed by atoms with Gasteiger partial charge in [-0.3, -0.25) is 0 Å². The zero-order valence-electron chi connectivity index (χ0n) is 9.12. The van der Waals surface area contributed by atoms with Crippen molar-refractivity contribution in [1.82, 2.24) is 4.90 Å². The third kappa shape index (κ3) is 2.45. The number of carboxylic acid groups (broad SMARTS) is 1. The maximum absolute atomic E-state index is 10.9. The van der Waals surface area contributed by atoms with Crippen molar-refractivity contribution in [1.29, 1.82) is 0 Å². The van der Waals surface area contributed by atoms with E-state index in [0.29, 0.717) is 0 Å². The summed E-state index contributed by atoms with van der Waals surface area (Å²) in [5, 5.41) is 8.98. The van der Waals surface area contributed by atoms with Crippen molar-refractivity contribution in [3.63, 3.8) is 0 Å². The molecule has 0 bridgehead atoms. The van der Waals surface area contributed by atoms with Crippen LogP contribution in [0.5, 0.6) is 0 Å². The molecule has 0 aromatic heterocycles. The molecular formula is C10H19NO3. The van der Waals surface area contributed by atoms with Crippen molar-refractivity contribution in [2.45, 2.75) is 25.4 Å². The van der Waals surface area contributed by atoms with E-state index in [1.807, 2.05) is 14.1 Å². The number of nitrogens with zero attached hydrogens (tertiary/aromatic N) is 1. The molecule has 14 heavy (non-hydrogen) atoms. The average Bonchev–Trinajstić information content (AvgIpc) is 2.83. The molecule has 0 saturated heterocycles. The van der Waals surface area contributed by atoms with Gasteiger partial charge in [0.25, 0.3) is 0 Å². The molecule has 0 radical (unpaired) electrons.